The van der Waals surface area contributed by atoms with E-state index in [0.717, 1.165) is 31.9 Å². The van der Waals surface area contributed by atoms with Crippen molar-refractivity contribution < 1.29 is 19.4 Å². The maximum Gasteiger partial charge on any atom is 0.241 e. The van der Waals surface area contributed by atoms with Crippen LogP contribution in [-0.2, 0) is 4.79 Å². The highest BCUT2D eigenvalue weighted by atomic mass is 16.5. The Labute approximate surface area is 165 Å². The zero-order valence-electron chi connectivity index (χ0n) is 16.5. The minimum atomic E-state index is -0.241. The van der Waals surface area contributed by atoms with Crippen molar-refractivity contribution in [1.82, 2.24) is 4.90 Å². The predicted octanol–water partition coefficient (Wildman–Crippen LogP) is 2.56. The number of phenols is 1. The van der Waals surface area contributed by atoms with E-state index in [0.29, 0.717) is 17.2 Å². The first kappa shape index (κ1) is 19.8. The van der Waals surface area contributed by atoms with Crippen molar-refractivity contribution >= 4 is 17.3 Å². The molecule has 1 heterocycles. The van der Waals surface area contributed by atoms with Gasteiger partial charge < -0.3 is 24.8 Å². The molecular weight excluding hydrogens is 358 g/mol. The zero-order chi connectivity index (χ0) is 20.1. The molecule has 2 aromatic rings. The quantitative estimate of drug-likeness (QED) is 0.796. The molecule has 0 aliphatic carbocycles. The number of methoxy groups -OCH3 is 2. The summed E-state index contributed by atoms with van der Waals surface area (Å²) in [6.45, 7) is 5.17. The number of nitrogens with zero attached hydrogens (tertiary/aromatic N) is 2. The van der Waals surface area contributed by atoms with Crippen LogP contribution in [0.5, 0.6) is 17.2 Å². The molecule has 1 amide bonds. The number of rotatable bonds is 6. The average molecular weight is 385 g/mol. The second kappa shape index (κ2) is 8.84. The molecule has 2 aromatic carbocycles. The highest BCUT2D eigenvalue weighted by Crippen LogP contribution is 2.30. The van der Waals surface area contributed by atoms with Gasteiger partial charge in [0.1, 0.15) is 5.75 Å². The van der Waals surface area contributed by atoms with Crippen LogP contribution in [0.25, 0.3) is 0 Å². The van der Waals surface area contributed by atoms with E-state index >= 15 is 0 Å². The smallest absolute Gasteiger partial charge is 0.241 e. The van der Waals surface area contributed by atoms with Crippen molar-refractivity contribution in [1.29, 1.82) is 0 Å². The van der Waals surface area contributed by atoms with Crippen LogP contribution < -0.4 is 19.7 Å². The summed E-state index contributed by atoms with van der Waals surface area (Å²) >= 11 is 0. The Hall–Kier alpha value is -2.93. The van der Waals surface area contributed by atoms with Crippen LogP contribution in [0.15, 0.2) is 42.5 Å². The molecule has 1 fully saturated rings. The lowest BCUT2D eigenvalue weighted by Crippen LogP contribution is -2.52. The van der Waals surface area contributed by atoms with E-state index in [4.69, 9.17) is 9.47 Å². The third-order valence-corrected chi connectivity index (χ3v) is 5.11. The molecule has 0 aromatic heterocycles. The van der Waals surface area contributed by atoms with Gasteiger partial charge in [-0.15, -0.1) is 0 Å². The second-order valence-corrected chi connectivity index (χ2v) is 6.77. The van der Waals surface area contributed by atoms with E-state index < -0.39 is 0 Å². The molecule has 7 heteroatoms. The molecule has 0 spiro atoms. The van der Waals surface area contributed by atoms with E-state index in [9.17, 15) is 9.90 Å². The van der Waals surface area contributed by atoms with Crippen LogP contribution in [0.3, 0.4) is 0 Å². The number of piperazine rings is 1. The van der Waals surface area contributed by atoms with Gasteiger partial charge in [-0.3, -0.25) is 9.69 Å². The van der Waals surface area contributed by atoms with Gasteiger partial charge in [0.05, 0.1) is 20.3 Å². The Bertz CT molecular complexity index is 802. The summed E-state index contributed by atoms with van der Waals surface area (Å²) in [7, 11) is 3.15. The van der Waals surface area contributed by atoms with Crippen LogP contribution in [0.1, 0.15) is 6.92 Å². The number of hydrogen-bond acceptors (Lipinski definition) is 6. The van der Waals surface area contributed by atoms with Gasteiger partial charge in [-0.05, 0) is 43.3 Å². The van der Waals surface area contributed by atoms with Crippen molar-refractivity contribution in [3.8, 4) is 17.2 Å². The molecule has 7 nitrogen and oxygen atoms in total. The Balaban J connectivity index is 1.56. The molecule has 1 aliphatic heterocycles. The first-order valence-corrected chi connectivity index (χ1v) is 9.32. The molecule has 3 rings (SSSR count). The summed E-state index contributed by atoms with van der Waals surface area (Å²) in [5, 5.41) is 12.4. The van der Waals surface area contributed by atoms with Gasteiger partial charge in [-0.2, -0.15) is 0 Å². The van der Waals surface area contributed by atoms with Gasteiger partial charge in [-0.1, -0.05) is 0 Å². The van der Waals surface area contributed by atoms with Crippen LogP contribution in [-0.4, -0.2) is 62.4 Å². The van der Waals surface area contributed by atoms with Crippen LogP contribution >= 0.6 is 0 Å². The fourth-order valence-electron chi connectivity index (χ4n) is 3.36. The fraction of sp³-hybridized carbons (Fsp3) is 0.381. The maximum atomic E-state index is 12.7. The van der Waals surface area contributed by atoms with E-state index in [1.807, 2.05) is 19.1 Å². The van der Waals surface area contributed by atoms with Gasteiger partial charge in [0.2, 0.25) is 5.91 Å². The summed E-state index contributed by atoms with van der Waals surface area (Å²) in [5.74, 6) is 1.42. The molecule has 150 valence electrons. The molecule has 1 saturated heterocycles. The number of hydrogen-bond donors (Lipinski definition) is 2. The topological polar surface area (TPSA) is 74.3 Å². The molecule has 1 atom stereocenters. The summed E-state index contributed by atoms with van der Waals surface area (Å²) in [4.78, 5) is 17.1. The number of amides is 1. The Morgan fingerprint density at radius 2 is 1.64 bits per heavy atom. The predicted molar refractivity (Wildman–Crippen MR) is 110 cm³/mol. The molecule has 0 bridgehead atoms. The van der Waals surface area contributed by atoms with Crippen LogP contribution in [0.4, 0.5) is 11.4 Å². The van der Waals surface area contributed by atoms with Gasteiger partial charge >= 0.3 is 0 Å². The number of carbonyl (C=O) groups is 1. The second-order valence-electron chi connectivity index (χ2n) is 6.77. The Morgan fingerprint density at radius 1 is 1.00 bits per heavy atom. The van der Waals surface area contributed by atoms with Gasteiger partial charge in [0.25, 0.3) is 0 Å². The van der Waals surface area contributed by atoms with Gasteiger partial charge in [-0.25, -0.2) is 0 Å². The van der Waals surface area contributed by atoms with Crippen LogP contribution in [0.2, 0.25) is 0 Å². The van der Waals surface area contributed by atoms with Crippen molar-refractivity contribution in [3.63, 3.8) is 0 Å². The minimum Gasteiger partial charge on any atom is -0.508 e. The highest BCUT2D eigenvalue weighted by Gasteiger charge is 2.26. The standard InChI is InChI=1S/C21H27N3O4/c1-15(21(26)22-16-4-9-19(27-2)20(14-16)28-3)23-10-12-24(13-11-23)17-5-7-18(25)8-6-17/h4-9,14-15,25H,10-13H2,1-3H3,(H,22,26)/t15-/m1/s1. The fourth-order valence-corrected chi connectivity index (χ4v) is 3.36. The molecule has 28 heavy (non-hydrogen) atoms. The van der Waals surface area contributed by atoms with Crippen molar-refractivity contribution in [2.45, 2.75) is 13.0 Å². The molecule has 0 saturated carbocycles. The summed E-state index contributed by atoms with van der Waals surface area (Å²) in [5.41, 5.74) is 1.76. The van der Waals surface area contributed by atoms with E-state index in [2.05, 4.69) is 15.1 Å². The van der Waals surface area contributed by atoms with E-state index in [1.165, 1.54) is 0 Å². The number of carbonyl (C=O) groups excluding carboxylic acids is 1. The number of phenolic OH excluding ortho intramolecular Hbond substituents is 1. The SMILES string of the molecule is COc1ccc(NC(=O)[C@@H](C)N2CCN(c3ccc(O)cc3)CC2)cc1OC. The molecule has 0 unspecified atom stereocenters. The maximum absolute atomic E-state index is 12.7. The number of anilines is 2. The normalized spacial score (nSPS) is 15.8. The lowest BCUT2D eigenvalue weighted by atomic mass is 10.2. The summed E-state index contributed by atoms with van der Waals surface area (Å²) in [6.07, 6.45) is 0. The average Bonchev–Trinajstić information content (AvgIpc) is 2.73. The molecular formula is C21H27N3O4. The summed E-state index contributed by atoms with van der Waals surface area (Å²) < 4.78 is 10.5. The molecule has 0 radical (unpaired) electrons. The largest absolute Gasteiger partial charge is 0.508 e. The molecule has 1 aliphatic rings. The van der Waals surface area contributed by atoms with Gasteiger partial charge in [0.15, 0.2) is 11.5 Å². The highest BCUT2D eigenvalue weighted by molar-refractivity contribution is 5.94. The number of ether oxygens (including phenoxy) is 2. The lowest BCUT2D eigenvalue weighted by molar-refractivity contribution is -0.120. The van der Waals surface area contributed by atoms with Crippen molar-refractivity contribution in [2.75, 3.05) is 50.6 Å². The van der Waals surface area contributed by atoms with E-state index in [-0.39, 0.29) is 17.7 Å². The lowest BCUT2D eigenvalue weighted by Gasteiger charge is -2.38. The minimum absolute atomic E-state index is 0.0506. The zero-order valence-corrected chi connectivity index (χ0v) is 16.5. The Morgan fingerprint density at radius 3 is 2.25 bits per heavy atom. The van der Waals surface area contributed by atoms with Crippen molar-refractivity contribution in [3.05, 3.63) is 42.5 Å². The number of aromatic hydroxyl groups is 1. The van der Waals surface area contributed by atoms with Crippen LogP contribution in [0, 0.1) is 0 Å². The molecule has 2 N–H and O–H groups in total. The first-order chi connectivity index (χ1) is 13.5. The monoisotopic (exact) mass is 385 g/mol. The first-order valence-electron chi connectivity index (χ1n) is 9.32. The number of nitrogens with one attached hydrogen (secondary N) is 1. The Kier molecular flexibility index (Phi) is 6.26. The van der Waals surface area contributed by atoms with E-state index in [1.54, 1.807) is 44.6 Å². The number of benzene rings is 2. The van der Waals surface area contributed by atoms with Crippen molar-refractivity contribution in [2.24, 2.45) is 0 Å². The third-order valence-electron chi connectivity index (χ3n) is 5.11. The third kappa shape index (κ3) is 4.48. The van der Waals surface area contributed by atoms with Gasteiger partial charge in [0, 0.05) is 43.6 Å². The summed E-state index contributed by atoms with van der Waals surface area (Å²) in [6, 6.07) is 12.3.